The van der Waals surface area contributed by atoms with E-state index in [9.17, 15) is 13.5 Å². The van der Waals surface area contributed by atoms with E-state index >= 15 is 0 Å². The van der Waals surface area contributed by atoms with Crippen LogP contribution in [0.3, 0.4) is 0 Å². The molecule has 2 rings (SSSR count). The van der Waals surface area contributed by atoms with Crippen molar-refractivity contribution in [2.75, 3.05) is 7.11 Å². The van der Waals surface area contributed by atoms with Gasteiger partial charge in [0.1, 0.15) is 5.75 Å². The Kier molecular flexibility index (Phi) is 6.51. The summed E-state index contributed by atoms with van der Waals surface area (Å²) >= 11 is 0. The molecule has 0 aliphatic rings. The molecule has 0 unspecified atom stereocenters. The van der Waals surface area contributed by atoms with Crippen molar-refractivity contribution in [2.45, 2.75) is 4.90 Å². The topological polar surface area (TPSA) is 111 Å². The third-order valence-electron chi connectivity index (χ3n) is 2.56. The molecule has 1 N–H and O–H groups in total. The number of benzene rings is 2. The zero-order chi connectivity index (χ0) is 15.5. The maximum Gasteiger partial charge on any atom is 1.00 e. The van der Waals surface area contributed by atoms with Gasteiger partial charge < -0.3 is 9.84 Å². The van der Waals surface area contributed by atoms with Crippen LogP contribution >= 0.6 is 0 Å². The number of methoxy groups -OCH3 is 1. The first-order chi connectivity index (χ1) is 9.90. The predicted molar refractivity (Wildman–Crippen MR) is 72.9 cm³/mol. The van der Waals surface area contributed by atoms with E-state index in [1.165, 1.54) is 49.6 Å². The summed E-state index contributed by atoms with van der Waals surface area (Å²) in [6.07, 6.45) is 0. The summed E-state index contributed by atoms with van der Waals surface area (Å²) in [6.45, 7) is 0. The van der Waals surface area contributed by atoms with Crippen molar-refractivity contribution in [2.24, 2.45) is 10.2 Å². The van der Waals surface area contributed by atoms with E-state index in [0.717, 1.165) is 0 Å². The normalized spacial score (nSPS) is 11.2. The molecule has 0 amide bonds. The van der Waals surface area contributed by atoms with Crippen LogP contribution < -0.4 is 39.4 Å². The molecule has 0 aliphatic carbocycles. The summed E-state index contributed by atoms with van der Waals surface area (Å²) in [5.74, 6) is -0.0953. The molecule has 0 radical (unpaired) electrons. The van der Waals surface area contributed by atoms with Crippen LogP contribution in [0.4, 0.5) is 11.4 Å². The molecule has 0 saturated carbocycles. The van der Waals surface area contributed by atoms with Crippen LogP contribution in [0.15, 0.2) is 57.6 Å². The average molecular weight is 330 g/mol. The van der Waals surface area contributed by atoms with E-state index in [0.29, 0.717) is 11.4 Å². The van der Waals surface area contributed by atoms with Gasteiger partial charge in [-0.3, -0.25) is 4.55 Å². The van der Waals surface area contributed by atoms with Crippen molar-refractivity contribution in [1.29, 1.82) is 0 Å². The molecule has 9 heteroatoms. The first kappa shape index (κ1) is 18.6. The monoisotopic (exact) mass is 330 g/mol. The van der Waals surface area contributed by atoms with Crippen LogP contribution in [0, 0.1) is 0 Å². The molecule has 0 atom stereocenters. The van der Waals surface area contributed by atoms with Crippen molar-refractivity contribution >= 4 is 21.5 Å². The number of rotatable bonds is 4. The van der Waals surface area contributed by atoms with E-state index in [-0.39, 0.29) is 46.0 Å². The second-order valence-corrected chi connectivity index (χ2v) is 5.43. The number of ether oxygens (including phenoxy) is 1. The second-order valence-electron chi connectivity index (χ2n) is 4.00. The second kappa shape index (κ2) is 7.70. The summed E-state index contributed by atoms with van der Waals surface area (Å²) in [6, 6.07) is 9.46. The summed E-state index contributed by atoms with van der Waals surface area (Å²) in [7, 11) is -2.84. The summed E-state index contributed by atoms with van der Waals surface area (Å²) < 4.78 is 35.5. The Hall–Kier alpha value is -1.45. The fraction of sp³-hybridized carbons (Fsp3) is 0.0769. The Bertz CT molecular complexity index is 776. The summed E-state index contributed by atoms with van der Waals surface area (Å²) in [5, 5.41) is 19.1. The number of nitrogens with zero attached hydrogens (tertiary/aromatic N) is 2. The van der Waals surface area contributed by atoms with Gasteiger partial charge in [0.15, 0.2) is 0 Å². The Morgan fingerprint density at radius 3 is 2.14 bits per heavy atom. The Balaban J connectivity index is 0.00000242. The van der Waals surface area contributed by atoms with Gasteiger partial charge in [-0.15, -0.1) is 0 Å². The molecule has 7 nitrogen and oxygen atoms in total. The van der Waals surface area contributed by atoms with Gasteiger partial charge in [-0.1, -0.05) is 11.8 Å². The molecule has 0 aliphatic heterocycles. The zero-order valence-electron chi connectivity index (χ0n) is 11.9. The van der Waals surface area contributed by atoms with Gasteiger partial charge in [0.25, 0.3) is 10.1 Å². The van der Waals surface area contributed by atoms with Crippen LogP contribution in [0.25, 0.3) is 0 Å². The average Bonchev–Trinajstić information content (AvgIpc) is 2.46. The van der Waals surface area contributed by atoms with Gasteiger partial charge in [0.05, 0.1) is 23.4 Å². The molecule has 2 aromatic rings. The molecule has 0 fully saturated rings. The molecule has 110 valence electrons. The van der Waals surface area contributed by atoms with E-state index in [4.69, 9.17) is 9.29 Å². The minimum absolute atomic E-state index is 0. The quantitative estimate of drug-likeness (QED) is 0.459. The molecular formula is C13H11N2NaO5S. The van der Waals surface area contributed by atoms with Crippen LogP contribution in [-0.4, -0.2) is 20.1 Å². The van der Waals surface area contributed by atoms with Gasteiger partial charge in [0.2, 0.25) is 0 Å². The van der Waals surface area contributed by atoms with Crippen molar-refractivity contribution in [3.8, 4) is 11.5 Å². The van der Waals surface area contributed by atoms with Crippen LogP contribution in [-0.2, 0) is 10.1 Å². The number of azo groups is 1. The van der Waals surface area contributed by atoms with Crippen LogP contribution in [0.1, 0.15) is 0 Å². The van der Waals surface area contributed by atoms with E-state index in [1.54, 1.807) is 0 Å². The van der Waals surface area contributed by atoms with E-state index in [2.05, 4.69) is 10.2 Å². The maximum absolute atomic E-state index is 11.3. The van der Waals surface area contributed by atoms with Gasteiger partial charge >= 0.3 is 29.6 Å². The Labute approximate surface area is 149 Å². The van der Waals surface area contributed by atoms with Crippen molar-refractivity contribution < 1.29 is 52.4 Å². The summed E-state index contributed by atoms with van der Waals surface area (Å²) in [5.41, 5.74) is 0.817. The van der Waals surface area contributed by atoms with Gasteiger partial charge in [-0.05, 0) is 30.3 Å². The number of hydrogen-bond acceptors (Lipinski definition) is 6. The minimum atomic E-state index is -4.22. The van der Waals surface area contributed by atoms with Crippen LogP contribution in [0.2, 0.25) is 0 Å². The van der Waals surface area contributed by atoms with Gasteiger partial charge in [-0.25, -0.2) is 0 Å². The van der Waals surface area contributed by atoms with E-state index < -0.39 is 10.1 Å². The first-order valence-corrected chi connectivity index (χ1v) is 7.18. The van der Waals surface area contributed by atoms with E-state index in [1.807, 2.05) is 0 Å². The third kappa shape index (κ3) is 4.79. The molecule has 2 aromatic carbocycles. The van der Waals surface area contributed by atoms with Crippen LogP contribution in [0.5, 0.6) is 11.5 Å². The largest absolute Gasteiger partial charge is 1.00 e. The minimum Gasteiger partial charge on any atom is -0.870 e. The molecule has 0 bridgehead atoms. The molecule has 0 saturated heterocycles. The molecule has 22 heavy (non-hydrogen) atoms. The molecule has 0 aromatic heterocycles. The van der Waals surface area contributed by atoms with Gasteiger partial charge in [0, 0.05) is 6.07 Å². The summed E-state index contributed by atoms with van der Waals surface area (Å²) in [4.78, 5) is -0.223. The number of hydrogen-bond donors (Lipinski definition) is 1. The van der Waals surface area contributed by atoms with Crippen molar-refractivity contribution in [3.05, 3.63) is 42.5 Å². The molecular weight excluding hydrogens is 319 g/mol. The Morgan fingerprint density at radius 2 is 1.59 bits per heavy atom. The first-order valence-electron chi connectivity index (χ1n) is 5.74. The fourth-order valence-electron chi connectivity index (χ4n) is 1.52. The molecule has 0 heterocycles. The predicted octanol–water partition coefficient (Wildman–Crippen LogP) is -0.565. The zero-order valence-corrected chi connectivity index (χ0v) is 14.7. The third-order valence-corrected chi connectivity index (χ3v) is 3.43. The standard InChI is InChI=1S/C13H12N2O5S.Na/c1-20-13-8-10(4-7-12(13)16)15-14-9-2-5-11(6-3-9)21(17,18)19;/h2-8,16H,1H3,(H,17,18,19);/q;+1/p-1. The SMILES string of the molecule is COc1cc(N=Nc2ccc(S(=O)(=O)O)cc2)ccc1[O-].[Na+]. The smallest absolute Gasteiger partial charge is 0.870 e. The van der Waals surface area contributed by atoms with Crippen molar-refractivity contribution in [3.63, 3.8) is 0 Å². The van der Waals surface area contributed by atoms with Crippen molar-refractivity contribution in [1.82, 2.24) is 0 Å². The fourth-order valence-corrected chi connectivity index (χ4v) is 2.00. The maximum atomic E-state index is 11.3. The molecule has 0 spiro atoms. The van der Waals surface area contributed by atoms with Gasteiger partial charge in [-0.2, -0.15) is 18.6 Å². The Morgan fingerprint density at radius 1 is 1.05 bits per heavy atom.